The van der Waals surface area contributed by atoms with Crippen molar-refractivity contribution in [2.24, 2.45) is 0 Å². The molecule has 3 aromatic rings. The molecule has 0 aromatic carbocycles. The molecule has 0 bridgehead atoms. The highest BCUT2D eigenvalue weighted by atomic mass is 32.1. The lowest BCUT2D eigenvalue weighted by atomic mass is 10.2. The number of nitrogens with one attached hydrogen (secondary N) is 1. The lowest BCUT2D eigenvalue weighted by Gasteiger charge is -2.08. The molecular formula is C15H15N5O2S. The predicted octanol–water partition coefficient (Wildman–Crippen LogP) is 1.12. The summed E-state index contributed by atoms with van der Waals surface area (Å²) in [5, 5.41) is 8.68. The van der Waals surface area contributed by atoms with Gasteiger partial charge < -0.3 is 5.32 Å². The number of hydrogen-bond acceptors (Lipinski definition) is 5. The van der Waals surface area contributed by atoms with Crippen molar-refractivity contribution in [2.45, 2.75) is 20.0 Å². The third-order valence-corrected chi connectivity index (χ3v) is 4.20. The van der Waals surface area contributed by atoms with E-state index in [9.17, 15) is 9.59 Å². The first-order chi connectivity index (χ1) is 11.1. The Morgan fingerprint density at radius 1 is 1.39 bits per heavy atom. The van der Waals surface area contributed by atoms with Crippen molar-refractivity contribution >= 4 is 17.2 Å². The number of hydrogen-bond donors (Lipinski definition) is 1. The standard InChI is InChI=1S/C15H15N5O2S/c1-11-10-23-15(22)19(11)9-14(21)17-8-12-3-5-16-13(7-12)20-6-2-4-18-20/h2-7,10H,8-9H2,1H3,(H,17,21). The lowest BCUT2D eigenvalue weighted by Crippen LogP contribution is -2.30. The maximum atomic E-state index is 12.0. The van der Waals surface area contributed by atoms with Crippen LogP contribution in [-0.4, -0.2) is 25.2 Å². The average molecular weight is 329 g/mol. The van der Waals surface area contributed by atoms with E-state index in [0.29, 0.717) is 12.4 Å². The molecule has 0 saturated carbocycles. The number of thiazole rings is 1. The van der Waals surface area contributed by atoms with E-state index < -0.39 is 0 Å². The molecule has 1 amide bonds. The summed E-state index contributed by atoms with van der Waals surface area (Å²) in [7, 11) is 0. The molecule has 0 aliphatic heterocycles. The van der Waals surface area contributed by atoms with Crippen molar-refractivity contribution in [1.82, 2.24) is 24.6 Å². The summed E-state index contributed by atoms with van der Waals surface area (Å²) in [6.45, 7) is 2.21. The topological polar surface area (TPSA) is 81.8 Å². The summed E-state index contributed by atoms with van der Waals surface area (Å²) in [4.78, 5) is 27.7. The first-order valence-corrected chi connectivity index (χ1v) is 7.88. The van der Waals surface area contributed by atoms with Crippen LogP contribution in [0.5, 0.6) is 0 Å². The monoisotopic (exact) mass is 329 g/mol. The van der Waals surface area contributed by atoms with Crippen LogP contribution in [0.15, 0.2) is 47.0 Å². The molecule has 7 nitrogen and oxygen atoms in total. The van der Waals surface area contributed by atoms with Crippen molar-refractivity contribution in [3.63, 3.8) is 0 Å². The smallest absolute Gasteiger partial charge is 0.307 e. The summed E-state index contributed by atoms with van der Waals surface area (Å²) >= 11 is 1.10. The highest BCUT2D eigenvalue weighted by Crippen LogP contribution is 2.06. The number of aromatic nitrogens is 4. The maximum absolute atomic E-state index is 12.0. The van der Waals surface area contributed by atoms with Gasteiger partial charge in [0.1, 0.15) is 6.54 Å². The number of amides is 1. The number of nitrogens with zero attached hydrogens (tertiary/aromatic N) is 4. The first-order valence-electron chi connectivity index (χ1n) is 7.00. The molecule has 23 heavy (non-hydrogen) atoms. The van der Waals surface area contributed by atoms with Gasteiger partial charge in [0.15, 0.2) is 5.82 Å². The van der Waals surface area contributed by atoms with E-state index in [2.05, 4.69) is 15.4 Å². The second-order valence-corrected chi connectivity index (χ2v) is 5.80. The van der Waals surface area contributed by atoms with E-state index in [1.165, 1.54) is 4.57 Å². The Morgan fingerprint density at radius 3 is 2.96 bits per heavy atom. The summed E-state index contributed by atoms with van der Waals surface area (Å²) in [6, 6.07) is 5.50. The van der Waals surface area contributed by atoms with Gasteiger partial charge in [0.25, 0.3) is 0 Å². The van der Waals surface area contributed by atoms with Gasteiger partial charge in [-0.25, -0.2) is 9.67 Å². The van der Waals surface area contributed by atoms with Crippen molar-refractivity contribution in [3.05, 3.63) is 63.1 Å². The zero-order valence-corrected chi connectivity index (χ0v) is 13.3. The van der Waals surface area contributed by atoms with Gasteiger partial charge in [-0.05, 0) is 30.7 Å². The summed E-state index contributed by atoms with van der Waals surface area (Å²) < 4.78 is 3.11. The molecule has 3 heterocycles. The van der Waals surface area contributed by atoms with Gasteiger partial charge in [-0.2, -0.15) is 5.10 Å². The second-order valence-electron chi connectivity index (χ2n) is 4.98. The van der Waals surface area contributed by atoms with Crippen LogP contribution in [0.2, 0.25) is 0 Å². The van der Waals surface area contributed by atoms with Gasteiger partial charge in [0.05, 0.1) is 0 Å². The van der Waals surface area contributed by atoms with Crippen LogP contribution >= 0.6 is 11.3 Å². The fourth-order valence-corrected chi connectivity index (χ4v) is 2.83. The van der Waals surface area contributed by atoms with Gasteiger partial charge in [0, 0.05) is 36.2 Å². The number of pyridine rings is 1. The molecule has 0 atom stereocenters. The zero-order valence-electron chi connectivity index (χ0n) is 12.5. The average Bonchev–Trinajstić information content (AvgIpc) is 3.19. The molecular weight excluding hydrogens is 314 g/mol. The van der Waals surface area contributed by atoms with E-state index in [0.717, 1.165) is 22.6 Å². The first kappa shape index (κ1) is 15.2. The molecule has 118 valence electrons. The quantitative estimate of drug-likeness (QED) is 0.760. The number of aryl methyl sites for hydroxylation is 1. The molecule has 3 aromatic heterocycles. The summed E-state index contributed by atoms with van der Waals surface area (Å²) in [5.74, 6) is 0.484. The number of carbonyl (C=O) groups excluding carboxylic acids is 1. The van der Waals surface area contributed by atoms with Gasteiger partial charge in [-0.3, -0.25) is 14.2 Å². The normalized spacial score (nSPS) is 10.7. The Hall–Kier alpha value is -2.74. The van der Waals surface area contributed by atoms with E-state index in [-0.39, 0.29) is 17.3 Å². The Bertz CT molecular complexity index is 866. The van der Waals surface area contributed by atoms with Crippen LogP contribution in [0.3, 0.4) is 0 Å². The van der Waals surface area contributed by atoms with Crippen LogP contribution in [0.1, 0.15) is 11.3 Å². The van der Waals surface area contributed by atoms with Crippen LogP contribution in [-0.2, 0) is 17.9 Å². The second kappa shape index (κ2) is 6.57. The van der Waals surface area contributed by atoms with E-state index in [1.54, 1.807) is 28.7 Å². The number of carbonyl (C=O) groups is 1. The molecule has 0 spiro atoms. The van der Waals surface area contributed by atoms with Crippen molar-refractivity contribution in [2.75, 3.05) is 0 Å². The Balaban J connectivity index is 1.63. The minimum atomic E-state index is -0.203. The van der Waals surface area contributed by atoms with Crippen LogP contribution in [0, 0.1) is 6.92 Å². The van der Waals surface area contributed by atoms with Crippen molar-refractivity contribution in [3.8, 4) is 5.82 Å². The van der Waals surface area contributed by atoms with Crippen LogP contribution < -0.4 is 10.2 Å². The summed E-state index contributed by atoms with van der Waals surface area (Å²) in [5.41, 5.74) is 1.70. The third kappa shape index (κ3) is 3.54. The molecule has 0 saturated heterocycles. The molecule has 8 heteroatoms. The SMILES string of the molecule is Cc1csc(=O)n1CC(=O)NCc1ccnc(-n2cccn2)c1. The molecule has 0 fully saturated rings. The van der Waals surface area contributed by atoms with Gasteiger partial charge in [0.2, 0.25) is 5.91 Å². The summed E-state index contributed by atoms with van der Waals surface area (Å²) in [6.07, 6.45) is 5.15. The van der Waals surface area contributed by atoms with Gasteiger partial charge in [-0.15, -0.1) is 0 Å². The largest absolute Gasteiger partial charge is 0.350 e. The maximum Gasteiger partial charge on any atom is 0.307 e. The minimum Gasteiger partial charge on any atom is -0.350 e. The molecule has 0 radical (unpaired) electrons. The van der Waals surface area contributed by atoms with Crippen LogP contribution in [0.4, 0.5) is 0 Å². The Morgan fingerprint density at radius 2 is 2.26 bits per heavy atom. The van der Waals surface area contributed by atoms with E-state index in [1.807, 2.05) is 25.1 Å². The van der Waals surface area contributed by atoms with Crippen molar-refractivity contribution < 1.29 is 4.79 Å². The number of rotatable bonds is 5. The van der Waals surface area contributed by atoms with E-state index >= 15 is 0 Å². The molecule has 0 unspecified atom stereocenters. The third-order valence-electron chi connectivity index (χ3n) is 3.32. The Labute approximate surface area is 136 Å². The minimum absolute atomic E-state index is 0.0330. The Kier molecular flexibility index (Phi) is 4.33. The highest BCUT2D eigenvalue weighted by Gasteiger charge is 2.08. The lowest BCUT2D eigenvalue weighted by molar-refractivity contribution is -0.121. The molecule has 1 N–H and O–H groups in total. The molecule has 3 rings (SSSR count). The highest BCUT2D eigenvalue weighted by molar-refractivity contribution is 7.07. The van der Waals surface area contributed by atoms with Crippen LogP contribution in [0.25, 0.3) is 5.82 Å². The predicted molar refractivity (Wildman–Crippen MR) is 86.5 cm³/mol. The molecule has 0 aliphatic rings. The van der Waals surface area contributed by atoms with E-state index in [4.69, 9.17) is 0 Å². The molecule has 0 aliphatic carbocycles. The van der Waals surface area contributed by atoms with Gasteiger partial charge in [-0.1, -0.05) is 11.3 Å². The zero-order chi connectivity index (χ0) is 16.2. The fraction of sp³-hybridized carbons (Fsp3) is 0.200. The van der Waals surface area contributed by atoms with Crippen molar-refractivity contribution in [1.29, 1.82) is 0 Å². The van der Waals surface area contributed by atoms with Gasteiger partial charge >= 0.3 is 4.87 Å². The fourth-order valence-electron chi connectivity index (χ4n) is 2.10.